The summed E-state index contributed by atoms with van der Waals surface area (Å²) in [6, 6.07) is 12.4. The Morgan fingerprint density at radius 1 is 1.08 bits per heavy atom. The lowest BCUT2D eigenvalue weighted by Gasteiger charge is -2.33. The molecule has 3 heterocycles. The normalized spacial score (nSPS) is 17.4. The van der Waals surface area contributed by atoms with E-state index < -0.39 is 10.0 Å². The van der Waals surface area contributed by atoms with Crippen LogP contribution in [0.1, 0.15) is 51.4 Å². The largest absolute Gasteiger partial charge is 0.380 e. The Bertz CT molecular complexity index is 1420. The number of nitrogens with one attached hydrogen (secondary N) is 2. The maximum Gasteiger partial charge on any atom is 0.269 e. The van der Waals surface area contributed by atoms with Gasteiger partial charge in [0.1, 0.15) is 0 Å². The third-order valence-corrected chi connectivity index (χ3v) is 9.36. The Kier molecular flexibility index (Phi) is 7.95. The lowest BCUT2D eigenvalue weighted by atomic mass is 10.0. The number of benzene rings is 1. The van der Waals surface area contributed by atoms with Gasteiger partial charge in [0.05, 0.1) is 28.5 Å². The number of nitriles is 1. The summed E-state index contributed by atoms with van der Waals surface area (Å²) in [4.78, 5) is 19.9. The lowest BCUT2D eigenvalue weighted by Crippen LogP contribution is -2.39. The standard InChI is InChI=1S/C28H34N6O3S/c29-14-6-15-33-16-11-22(12-17-33)31-27-24-13-18-34(38(36,37)23-9-2-1-3-10-23)28(24)30-20-25(27)32-26(35)19-21-7-4-5-8-21/h1-3,9-10,13,18,20-22H,4-8,11-12,15-17,19H2,(H,30,31)(H,32,35). The van der Waals surface area contributed by atoms with Crippen LogP contribution in [-0.2, 0) is 14.8 Å². The van der Waals surface area contributed by atoms with Crippen LogP contribution in [0.4, 0.5) is 11.4 Å². The van der Waals surface area contributed by atoms with E-state index in [9.17, 15) is 13.2 Å². The van der Waals surface area contributed by atoms with Crippen molar-refractivity contribution >= 4 is 38.3 Å². The number of carbonyl (C=O) groups excluding carboxylic acids is 1. The Morgan fingerprint density at radius 2 is 1.82 bits per heavy atom. The molecule has 0 radical (unpaired) electrons. The molecule has 1 aromatic carbocycles. The van der Waals surface area contributed by atoms with Crippen LogP contribution in [0.5, 0.6) is 0 Å². The lowest BCUT2D eigenvalue weighted by molar-refractivity contribution is -0.117. The Balaban J connectivity index is 1.44. The SMILES string of the molecule is N#CCCN1CCC(Nc2c(NC(=O)CC3CCCC3)cnc3c2ccn3S(=O)(=O)c2ccccc2)CC1. The van der Waals surface area contributed by atoms with Gasteiger partial charge in [-0.15, -0.1) is 0 Å². The van der Waals surface area contributed by atoms with Crippen molar-refractivity contribution in [2.75, 3.05) is 30.3 Å². The van der Waals surface area contributed by atoms with E-state index in [1.165, 1.54) is 23.0 Å². The van der Waals surface area contributed by atoms with Crippen molar-refractivity contribution in [3.63, 3.8) is 0 Å². The van der Waals surface area contributed by atoms with Gasteiger partial charge in [0.2, 0.25) is 5.91 Å². The third-order valence-electron chi connectivity index (χ3n) is 7.68. The predicted octanol–water partition coefficient (Wildman–Crippen LogP) is 4.58. The van der Waals surface area contributed by atoms with Crippen LogP contribution < -0.4 is 10.6 Å². The smallest absolute Gasteiger partial charge is 0.269 e. The third kappa shape index (κ3) is 5.69. The summed E-state index contributed by atoms with van der Waals surface area (Å²) in [5.74, 6) is 0.377. The van der Waals surface area contributed by atoms with Crippen molar-refractivity contribution in [3.05, 3.63) is 48.8 Å². The summed E-state index contributed by atoms with van der Waals surface area (Å²) < 4.78 is 28.0. The van der Waals surface area contributed by atoms with Crippen LogP contribution in [-0.4, -0.2) is 53.9 Å². The van der Waals surface area contributed by atoms with Gasteiger partial charge in [-0.25, -0.2) is 17.4 Å². The number of carbonyl (C=O) groups is 1. The maximum absolute atomic E-state index is 13.4. The molecule has 1 aliphatic carbocycles. The predicted molar refractivity (Wildman–Crippen MR) is 147 cm³/mol. The van der Waals surface area contributed by atoms with Crippen molar-refractivity contribution in [1.29, 1.82) is 5.26 Å². The maximum atomic E-state index is 13.4. The summed E-state index contributed by atoms with van der Waals surface area (Å²) in [5, 5.41) is 16.2. The van der Waals surface area contributed by atoms with Gasteiger partial charge in [-0.05, 0) is 49.8 Å². The Morgan fingerprint density at radius 3 is 2.53 bits per heavy atom. The molecule has 10 heteroatoms. The molecule has 2 fully saturated rings. The number of rotatable bonds is 9. The number of hydrogen-bond acceptors (Lipinski definition) is 7. The molecule has 0 atom stereocenters. The second kappa shape index (κ2) is 11.5. The van der Waals surface area contributed by atoms with E-state index in [0.717, 1.165) is 45.3 Å². The first kappa shape index (κ1) is 26.2. The first-order valence-corrected chi connectivity index (χ1v) is 14.9. The highest BCUT2D eigenvalue weighted by Crippen LogP contribution is 2.35. The van der Waals surface area contributed by atoms with E-state index in [2.05, 4.69) is 26.6 Å². The Hall–Kier alpha value is -3.42. The fourth-order valence-electron chi connectivity index (χ4n) is 5.60. The first-order valence-electron chi connectivity index (χ1n) is 13.4. The van der Waals surface area contributed by atoms with Crippen LogP contribution in [0, 0.1) is 17.2 Å². The average molecular weight is 535 g/mol. The number of nitrogens with zero attached hydrogens (tertiary/aromatic N) is 4. The number of pyridine rings is 1. The fraction of sp³-hybridized carbons (Fsp3) is 0.464. The van der Waals surface area contributed by atoms with E-state index in [1.807, 2.05) is 0 Å². The van der Waals surface area contributed by atoms with Gasteiger partial charge >= 0.3 is 0 Å². The minimum atomic E-state index is -3.83. The van der Waals surface area contributed by atoms with Gasteiger partial charge in [-0.2, -0.15) is 5.26 Å². The van der Waals surface area contributed by atoms with E-state index in [4.69, 9.17) is 5.26 Å². The quantitative estimate of drug-likeness (QED) is 0.412. The van der Waals surface area contributed by atoms with Crippen LogP contribution in [0.25, 0.3) is 11.0 Å². The number of amides is 1. The van der Waals surface area contributed by atoms with Gasteiger partial charge in [-0.1, -0.05) is 31.0 Å². The van der Waals surface area contributed by atoms with Gasteiger partial charge < -0.3 is 15.5 Å². The molecular formula is C28H34N6O3S. The van der Waals surface area contributed by atoms with Gasteiger partial charge in [0.25, 0.3) is 10.0 Å². The molecule has 1 amide bonds. The molecule has 2 N–H and O–H groups in total. The number of aromatic nitrogens is 2. The molecule has 0 unspecified atom stereocenters. The zero-order valence-corrected chi connectivity index (χ0v) is 22.3. The van der Waals surface area contributed by atoms with E-state index >= 15 is 0 Å². The highest BCUT2D eigenvalue weighted by Gasteiger charge is 2.26. The molecule has 0 bridgehead atoms. The monoisotopic (exact) mass is 534 g/mol. The minimum Gasteiger partial charge on any atom is -0.380 e. The highest BCUT2D eigenvalue weighted by atomic mass is 32.2. The van der Waals surface area contributed by atoms with Crippen LogP contribution in [0.3, 0.4) is 0 Å². The molecule has 2 aliphatic rings. The van der Waals surface area contributed by atoms with Crippen LogP contribution in [0.15, 0.2) is 53.7 Å². The molecule has 1 saturated heterocycles. The number of anilines is 2. The highest BCUT2D eigenvalue weighted by molar-refractivity contribution is 7.90. The molecule has 0 spiro atoms. The summed E-state index contributed by atoms with van der Waals surface area (Å²) >= 11 is 0. The summed E-state index contributed by atoms with van der Waals surface area (Å²) in [6.07, 6.45) is 10.4. The first-order chi connectivity index (χ1) is 18.5. The minimum absolute atomic E-state index is 0.0382. The van der Waals surface area contributed by atoms with Crippen LogP contribution in [0.2, 0.25) is 0 Å². The van der Waals surface area contributed by atoms with Gasteiger partial charge in [0, 0.05) is 50.1 Å². The summed E-state index contributed by atoms with van der Waals surface area (Å²) in [7, 11) is -3.83. The van der Waals surface area contributed by atoms with Crippen molar-refractivity contribution < 1.29 is 13.2 Å². The zero-order valence-electron chi connectivity index (χ0n) is 21.5. The summed E-state index contributed by atoms with van der Waals surface area (Å²) in [6.45, 7) is 2.52. The molecule has 38 heavy (non-hydrogen) atoms. The molecule has 2 aromatic heterocycles. The molecule has 1 saturated carbocycles. The van der Waals surface area contributed by atoms with E-state index in [-0.39, 0.29) is 16.8 Å². The number of likely N-dealkylation sites (tertiary alicyclic amines) is 1. The van der Waals surface area contributed by atoms with Gasteiger partial charge in [0.15, 0.2) is 5.65 Å². The van der Waals surface area contributed by atoms with Crippen molar-refractivity contribution in [3.8, 4) is 6.07 Å². The molecule has 9 nitrogen and oxygen atoms in total. The number of piperidine rings is 1. The van der Waals surface area contributed by atoms with E-state index in [0.29, 0.717) is 41.2 Å². The Labute approximate surface area is 223 Å². The van der Waals surface area contributed by atoms with Gasteiger partial charge in [-0.3, -0.25) is 4.79 Å². The molecule has 1 aliphatic heterocycles. The van der Waals surface area contributed by atoms with Crippen molar-refractivity contribution in [2.24, 2.45) is 5.92 Å². The fourth-order valence-corrected chi connectivity index (χ4v) is 6.93. The number of fused-ring (bicyclic) bond motifs is 1. The average Bonchev–Trinajstić information content (AvgIpc) is 3.60. The van der Waals surface area contributed by atoms with Crippen molar-refractivity contribution in [2.45, 2.75) is 62.3 Å². The van der Waals surface area contributed by atoms with E-state index in [1.54, 1.807) is 42.6 Å². The molecule has 3 aromatic rings. The number of hydrogen-bond donors (Lipinski definition) is 2. The topological polar surface area (TPSA) is 120 Å². The summed E-state index contributed by atoms with van der Waals surface area (Å²) in [5.41, 5.74) is 1.59. The van der Waals surface area contributed by atoms with Crippen molar-refractivity contribution in [1.82, 2.24) is 13.9 Å². The molecule has 5 rings (SSSR count). The zero-order chi connectivity index (χ0) is 26.5. The second-order valence-corrected chi connectivity index (χ2v) is 12.1. The molecular weight excluding hydrogens is 500 g/mol. The molecule has 200 valence electrons. The second-order valence-electron chi connectivity index (χ2n) is 10.3. The van der Waals surface area contributed by atoms with Crippen LogP contribution >= 0.6 is 0 Å².